The van der Waals surface area contributed by atoms with Crippen LogP contribution in [-0.4, -0.2) is 53.9 Å². The molecule has 0 spiro atoms. The SMILES string of the molecule is CCOC(=O)c1cnn(-c2ccccc2)c1NC(=O)CN(C)Cc1ccc(OC)cc1. The number of ether oxygens (including phenoxy) is 2. The molecule has 2 aromatic carbocycles. The first kappa shape index (κ1) is 22.0. The van der Waals surface area contributed by atoms with Crippen LogP contribution in [-0.2, 0) is 16.1 Å². The van der Waals surface area contributed by atoms with Crippen LogP contribution in [0, 0.1) is 0 Å². The second kappa shape index (κ2) is 10.4. The number of para-hydroxylation sites is 1. The summed E-state index contributed by atoms with van der Waals surface area (Å²) in [5, 5.41) is 7.11. The molecule has 8 heteroatoms. The number of esters is 1. The van der Waals surface area contributed by atoms with Crippen molar-refractivity contribution in [3.8, 4) is 11.4 Å². The zero-order valence-electron chi connectivity index (χ0n) is 17.9. The van der Waals surface area contributed by atoms with E-state index in [2.05, 4.69) is 10.4 Å². The molecule has 1 amide bonds. The number of amides is 1. The molecule has 0 unspecified atom stereocenters. The largest absolute Gasteiger partial charge is 0.497 e. The summed E-state index contributed by atoms with van der Waals surface area (Å²) in [6.45, 7) is 2.67. The van der Waals surface area contributed by atoms with Gasteiger partial charge in [-0.3, -0.25) is 9.69 Å². The van der Waals surface area contributed by atoms with Gasteiger partial charge < -0.3 is 14.8 Å². The second-order valence-corrected chi connectivity index (χ2v) is 6.94. The van der Waals surface area contributed by atoms with Crippen molar-refractivity contribution in [2.24, 2.45) is 0 Å². The third-order valence-electron chi connectivity index (χ3n) is 4.55. The Labute approximate surface area is 181 Å². The molecule has 0 saturated carbocycles. The minimum absolute atomic E-state index is 0.133. The summed E-state index contributed by atoms with van der Waals surface area (Å²) in [7, 11) is 3.47. The molecule has 0 aliphatic rings. The summed E-state index contributed by atoms with van der Waals surface area (Å²) in [5.74, 6) is 0.267. The maximum Gasteiger partial charge on any atom is 0.343 e. The van der Waals surface area contributed by atoms with Gasteiger partial charge in [-0.2, -0.15) is 5.10 Å². The van der Waals surface area contributed by atoms with E-state index in [4.69, 9.17) is 9.47 Å². The first-order chi connectivity index (χ1) is 15.0. The normalized spacial score (nSPS) is 10.7. The minimum atomic E-state index is -0.536. The first-order valence-electron chi connectivity index (χ1n) is 9.93. The van der Waals surface area contributed by atoms with Gasteiger partial charge in [-0.05, 0) is 43.8 Å². The number of carbonyl (C=O) groups is 2. The van der Waals surface area contributed by atoms with Crippen molar-refractivity contribution in [2.45, 2.75) is 13.5 Å². The van der Waals surface area contributed by atoms with E-state index in [0.717, 1.165) is 17.0 Å². The zero-order valence-corrected chi connectivity index (χ0v) is 17.9. The van der Waals surface area contributed by atoms with Crippen molar-refractivity contribution in [3.05, 3.63) is 71.9 Å². The fraction of sp³-hybridized carbons (Fsp3) is 0.261. The molecule has 162 valence electrons. The van der Waals surface area contributed by atoms with Crippen molar-refractivity contribution in [1.82, 2.24) is 14.7 Å². The lowest BCUT2D eigenvalue weighted by atomic mass is 10.2. The number of nitrogens with one attached hydrogen (secondary N) is 1. The van der Waals surface area contributed by atoms with Gasteiger partial charge in [-0.25, -0.2) is 9.48 Å². The number of hydrogen-bond acceptors (Lipinski definition) is 6. The molecular formula is C23H26N4O4. The summed E-state index contributed by atoms with van der Waals surface area (Å²) in [4.78, 5) is 27.0. The number of benzene rings is 2. The van der Waals surface area contributed by atoms with Gasteiger partial charge in [0.05, 0.1) is 32.1 Å². The van der Waals surface area contributed by atoms with Crippen LogP contribution in [0.15, 0.2) is 60.8 Å². The molecule has 0 bridgehead atoms. The van der Waals surface area contributed by atoms with Gasteiger partial charge in [0.25, 0.3) is 0 Å². The summed E-state index contributed by atoms with van der Waals surface area (Å²) in [6.07, 6.45) is 1.40. The van der Waals surface area contributed by atoms with Crippen LogP contribution in [0.4, 0.5) is 5.82 Å². The molecule has 0 fully saturated rings. The maximum absolute atomic E-state index is 12.8. The molecule has 0 radical (unpaired) electrons. The Morgan fingerprint density at radius 2 is 1.81 bits per heavy atom. The highest BCUT2D eigenvalue weighted by Gasteiger charge is 2.22. The van der Waals surface area contributed by atoms with E-state index in [-0.39, 0.29) is 30.4 Å². The summed E-state index contributed by atoms with van der Waals surface area (Å²) >= 11 is 0. The molecule has 0 aliphatic carbocycles. The van der Waals surface area contributed by atoms with E-state index in [1.54, 1.807) is 14.0 Å². The Hall–Kier alpha value is -3.65. The van der Waals surface area contributed by atoms with Crippen LogP contribution in [0.5, 0.6) is 5.75 Å². The second-order valence-electron chi connectivity index (χ2n) is 6.94. The molecular weight excluding hydrogens is 396 g/mol. The predicted molar refractivity (Wildman–Crippen MR) is 117 cm³/mol. The number of carbonyl (C=O) groups excluding carboxylic acids is 2. The van der Waals surface area contributed by atoms with Gasteiger partial charge >= 0.3 is 5.97 Å². The van der Waals surface area contributed by atoms with Crippen LogP contribution in [0.25, 0.3) is 5.69 Å². The van der Waals surface area contributed by atoms with Gasteiger partial charge in [0.15, 0.2) is 5.82 Å². The van der Waals surface area contributed by atoms with Crippen LogP contribution >= 0.6 is 0 Å². The Balaban J connectivity index is 1.74. The Morgan fingerprint density at radius 3 is 2.45 bits per heavy atom. The molecule has 8 nitrogen and oxygen atoms in total. The summed E-state index contributed by atoms with van der Waals surface area (Å²) in [6, 6.07) is 16.9. The molecule has 0 aliphatic heterocycles. The number of hydrogen-bond donors (Lipinski definition) is 1. The standard InChI is InChI=1S/C23H26N4O4/c1-4-31-23(29)20-14-24-27(18-8-6-5-7-9-18)22(20)25-21(28)16-26(2)15-17-10-12-19(30-3)13-11-17/h5-14H,4,15-16H2,1-3H3,(H,25,28). The number of anilines is 1. The van der Waals surface area contributed by atoms with Gasteiger partial charge in [-0.1, -0.05) is 30.3 Å². The molecule has 3 rings (SSSR count). The highest BCUT2D eigenvalue weighted by atomic mass is 16.5. The lowest BCUT2D eigenvalue weighted by molar-refractivity contribution is -0.117. The first-order valence-corrected chi connectivity index (χ1v) is 9.93. The fourth-order valence-electron chi connectivity index (χ4n) is 3.11. The topological polar surface area (TPSA) is 85.7 Å². The van der Waals surface area contributed by atoms with Crippen LogP contribution in [0.1, 0.15) is 22.8 Å². The number of methoxy groups -OCH3 is 1. The van der Waals surface area contributed by atoms with E-state index in [9.17, 15) is 9.59 Å². The zero-order chi connectivity index (χ0) is 22.2. The monoisotopic (exact) mass is 422 g/mol. The number of rotatable bonds is 9. The third kappa shape index (κ3) is 5.70. The Kier molecular flexibility index (Phi) is 7.40. The number of nitrogens with zero attached hydrogens (tertiary/aromatic N) is 3. The van der Waals surface area contributed by atoms with Gasteiger partial charge in [-0.15, -0.1) is 0 Å². The minimum Gasteiger partial charge on any atom is -0.497 e. The highest BCUT2D eigenvalue weighted by molar-refractivity contribution is 6.01. The van der Waals surface area contributed by atoms with Crippen LogP contribution < -0.4 is 10.1 Å². The van der Waals surface area contributed by atoms with Crippen LogP contribution in [0.2, 0.25) is 0 Å². The molecule has 31 heavy (non-hydrogen) atoms. The van der Waals surface area contributed by atoms with Crippen molar-refractivity contribution in [1.29, 1.82) is 0 Å². The van der Waals surface area contributed by atoms with Gasteiger partial charge in [0.2, 0.25) is 5.91 Å². The summed E-state index contributed by atoms with van der Waals surface area (Å²) in [5.41, 5.74) is 1.98. The number of likely N-dealkylation sites (N-methyl/N-ethyl adjacent to an activating group) is 1. The summed E-state index contributed by atoms with van der Waals surface area (Å²) < 4.78 is 11.8. The Morgan fingerprint density at radius 1 is 1.10 bits per heavy atom. The number of aromatic nitrogens is 2. The van der Waals surface area contributed by atoms with E-state index in [0.29, 0.717) is 6.54 Å². The van der Waals surface area contributed by atoms with E-state index >= 15 is 0 Å². The lowest BCUT2D eigenvalue weighted by Crippen LogP contribution is -2.31. The van der Waals surface area contributed by atoms with Gasteiger partial charge in [0, 0.05) is 6.54 Å². The average molecular weight is 422 g/mol. The van der Waals surface area contributed by atoms with Crippen molar-refractivity contribution in [2.75, 3.05) is 32.6 Å². The lowest BCUT2D eigenvalue weighted by Gasteiger charge is -2.17. The molecule has 0 saturated heterocycles. The van der Waals surface area contributed by atoms with Crippen LogP contribution in [0.3, 0.4) is 0 Å². The molecule has 1 N–H and O–H groups in total. The molecule has 3 aromatic rings. The smallest absolute Gasteiger partial charge is 0.343 e. The van der Waals surface area contributed by atoms with Gasteiger partial charge in [0.1, 0.15) is 11.3 Å². The molecule has 1 aromatic heterocycles. The fourth-order valence-corrected chi connectivity index (χ4v) is 3.11. The third-order valence-corrected chi connectivity index (χ3v) is 4.55. The van der Waals surface area contributed by atoms with Crippen molar-refractivity contribution < 1.29 is 19.1 Å². The average Bonchev–Trinajstić information content (AvgIpc) is 3.18. The van der Waals surface area contributed by atoms with E-state index in [1.165, 1.54) is 10.9 Å². The maximum atomic E-state index is 12.8. The predicted octanol–water partition coefficient (Wildman–Crippen LogP) is 3.13. The van der Waals surface area contributed by atoms with Crippen molar-refractivity contribution in [3.63, 3.8) is 0 Å². The van der Waals surface area contributed by atoms with E-state index < -0.39 is 5.97 Å². The highest BCUT2D eigenvalue weighted by Crippen LogP contribution is 2.21. The molecule has 1 heterocycles. The van der Waals surface area contributed by atoms with E-state index in [1.807, 2.05) is 66.5 Å². The van der Waals surface area contributed by atoms with Crippen molar-refractivity contribution >= 4 is 17.7 Å². The Bertz CT molecular complexity index is 1020. The molecule has 0 atom stereocenters. The quantitative estimate of drug-likeness (QED) is 0.533.